The van der Waals surface area contributed by atoms with E-state index in [1.54, 1.807) is 0 Å². The summed E-state index contributed by atoms with van der Waals surface area (Å²) in [7, 11) is 0. The third kappa shape index (κ3) is 20.1. The van der Waals surface area contributed by atoms with Crippen LogP contribution in [0.15, 0.2) is 12.2 Å². The van der Waals surface area contributed by atoms with Crippen molar-refractivity contribution in [2.24, 2.45) is 0 Å². The molecule has 2 nitrogen and oxygen atoms in total. The standard InChI is InChI=1S/2C5H5.2CO.W/c2*1-2-4-5-3-1;2*1-2;/h2*1-5H;;;/q;;;;+2. The maximum Gasteiger partial charge on any atom is 2.00 e. The van der Waals surface area contributed by atoms with Crippen LogP contribution in [0.1, 0.15) is 0 Å². The Labute approximate surface area is 107 Å². The van der Waals surface area contributed by atoms with Crippen molar-refractivity contribution in [3.8, 4) is 0 Å². The Morgan fingerprint density at radius 3 is 0.800 bits per heavy atom. The van der Waals surface area contributed by atoms with E-state index in [1.807, 2.05) is 63.5 Å². The van der Waals surface area contributed by atoms with E-state index in [0.717, 1.165) is 0 Å². The quantitative estimate of drug-likeness (QED) is 0.463. The molecule has 1 fully saturated rings. The summed E-state index contributed by atoms with van der Waals surface area (Å²) in [5, 5.41) is 0. The van der Waals surface area contributed by atoms with Crippen LogP contribution in [-0.2, 0) is 30.4 Å². The summed E-state index contributed by atoms with van der Waals surface area (Å²) in [6.07, 6.45) is 20.0. The zero-order valence-electron chi connectivity index (χ0n) is 8.00. The van der Waals surface area contributed by atoms with Crippen LogP contribution in [0.4, 0.5) is 0 Å². The van der Waals surface area contributed by atoms with Crippen LogP contribution in [0.5, 0.6) is 0 Å². The normalized spacial score (nSPS) is 15.2. The average Bonchev–Trinajstić information content (AvgIpc) is 3.01. The second-order valence-corrected chi connectivity index (χ2v) is 1.92. The molecule has 2 aliphatic carbocycles. The Kier molecular flexibility index (Phi) is 32.0. The molecule has 3 heteroatoms. The average molecular weight is 370 g/mol. The minimum Gasteiger partial charge on any atom is -0.0842 e. The summed E-state index contributed by atoms with van der Waals surface area (Å²) in [5.41, 5.74) is 0. The third-order valence-electron chi connectivity index (χ3n) is 1.11. The number of rotatable bonds is 0. The van der Waals surface area contributed by atoms with Crippen LogP contribution in [0.2, 0.25) is 0 Å². The Morgan fingerprint density at radius 1 is 0.467 bits per heavy atom. The molecule has 2 rings (SSSR count). The predicted octanol–water partition coefficient (Wildman–Crippen LogP) is 2.11. The number of allylic oxidation sites excluding steroid dienone is 2. The number of hydrogen-bond donors (Lipinski definition) is 0. The molecule has 0 aliphatic heterocycles. The molecule has 0 unspecified atom stereocenters. The van der Waals surface area contributed by atoms with Gasteiger partial charge < -0.3 is 0 Å². The van der Waals surface area contributed by atoms with Crippen molar-refractivity contribution in [2.45, 2.75) is 0 Å². The van der Waals surface area contributed by atoms with E-state index in [4.69, 9.17) is 9.30 Å². The fourth-order valence-corrected chi connectivity index (χ4v) is 0.642. The molecule has 0 spiro atoms. The number of hydrogen-bond acceptors (Lipinski definition) is 0. The van der Waals surface area contributed by atoms with Crippen molar-refractivity contribution in [1.82, 2.24) is 0 Å². The van der Waals surface area contributed by atoms with Gasteiger partial charge in [-0.1, -0.05) is 12.2 Å². The van der Waals surface area contributed by atoms with Gasteiger partial charge in [-0.05, 0) is 51.4 Å². The van der Waals surface area contributed by atoms with Crippen LogP contribution < -0.4 is 0 Å². The molecule has 74 valence electrons. The van der Waals surface area contributed by atoms with Crippen molar-refractivity contribution in [3.63, 3.8) is 0 Å². The first-order valence-corrected chi connectivity index (χ1v) is 3.74. The maximum absolute atomic E-state index is 7.50. The van der Waals surface area contributed by atoms with Gasteiger partial charge in [-0.15, -0.1) is 0 Å². The van der Waals surface area contributed by atoms with E-state index in [-0.39, 0.29) is 21.1 Å². The van der Waals surface area contributed by atoms with Crippen LogP contribution in [-0.4, -0.2) is 0 Å². The van der Waals surface area contributed by atoms with E-state index in [2.05, 4.69) is 13.3 Å². The SMILES string of the molecule is [C-]#[O+].[C-]#[O+].[CH]1[CH]C=C[CH]1.[CH]1[CH][CH][CH][CH]1.[W+2]. The molecule has 0 bridgehead atoms. The van der Waals surface area contributed by atoms with Crippen LogP contribution >= 0.6 is 0 Å². The summed E-state index contributed by atoms with van der Waals surface area (Å²) in [5.74, 6) is 0. The maximum atomic E-state index is 7.50. The molecule has 2 aliphatic rings. The summed E-state index contributed by atoms with van der Waals surface area (Å²) < 4.78 is 15.0. The molecular weight excluding hydrogens is 360 g/mol. The van der Waals surface area contributed by atoms with Crippen LogP contribution in [0.3, 0.4) is 0 Å². The van der Waals surface area contributed by atoms with Crippen molar-refractivity contribution in [2.75, 3.05) is 0 Å². The first-order valence-electron chi connectivity index (χ1n) is 3.74. The van der Waals surface area contributed by atoms with E-state index in [0.29, 0.717) is 0 Å². The van der Waals surface area contributed by atoms with Gasteiger partial charge in [0.05, 0.1) is 0 Å². The van der Waals surface area contributed by atoms with E-state index in [9.17, 15) is 0 Å². The first kappa shape index (κ1) is 20.3. The minimum absolute atomic E-state index is 0. The largest absolute Gasteiger partial charge is 2.00 e. The van der Waals surface area contributed by atoms with Gasteiger partial charge in [0, 0.05) is 0 Å². The molecule has 0 aromatic rings. The van der Waals surface area contributed by atoms with Gasteiger partial charge >= 0.3 is 43.7 Å². The van der Waals surface area contributed by atoms with Gasteiger partial charge in [-0.25, -0.2) is 0 Å². The fourth-order valence-electron chi connectivity index (χ4n) is 0.642. The van der Waals surface area contributed by atoms with Gasteiger partial charge in [-0.3, -0.25) is 0 Å². The Bertz CT molecular complexity index is 138. The molecule has 0 heterocycles. The molecular formula is C12H10O2W+2. The Morgan fingerprint density at radius 2 is 0.667 bits per heavy atom. The minimum atomic E-state index is 0. The Balaban J connectivity index is -0.000000138. The van der Waals surface area contributed by atoms with Gasteiger partial charge in [-0.2, -0.15) is 0 Å². The molecule has 0 saturated heterocycles. The van der Waals surface area contributed by atoms with Crippen molar-refractivity contribution in [1.29, 1.82) is 0 Å². The zero-order valence-corrected chi connectivity index (χ0v) is 10.9. The van der Waals surface area contributed by atoms with Gasteiger partial charge in [0.1, 0.15) is 0 Å². The van der Waals surface area contributed by atoms with Crippen molar-refractivity contribution < 1.29 is 30.4 Å². The third-order valence-corrected chi connectivity index (χ3v) is 1.11. The smallest absolute Gasteiger partial charge is 0.0842 e. The van der Waals surface area contributed by atoms with Crippen LogP contribution in [0.25, 0.3) is 0 Å². The second kappa shape index (κ2) is 23.6. The molecule has 8 radical (unpaired) electrons. The van der Waals surface area contributed by atoms with Crippen molar-refractivity contribution in [3.05, 3.63) is 76.8 Å². The Hall–Kier alpha value is -0.0917. The molecule has 0 amide bonds. The zero-order chi connectivity index (χ0) is 11.1. The molecule has 15 heavy (non-hydrogen) atoms. The first-order chi connectivity index (χ1) is 7.00. The molecule has 0 N–H and O–H groups in total. The summed E-state index contributed by atoms with van der Waals surface area (Å²) in [4.78, 5) is 0. The van der Waals surface area contributed by atoms with Crippen molar-refractivity contribution >= 4 is 0 Å². The molecule has 0 aromatic carbocycles. The molecule has 0 aromatic heterocycles. The predicted molar refractivity (Wildman–Crippen MR) is 51.4 cm³/mol. The fraction of sp³-hybridized carbons (Fsp3) is 0. The second-order valence-electron chi connectivity index (χ2n) is 1.92. The van der Waals surface area contributed by atoms with Crippen LogP contribution in [0, 0.1) is 64.7 Å². The van der Waals surface area contributed by atoms with Gasteiger partial charge in [0.15, 0.2) is 0 Å². The van der Waals surface area contributed by atoms with Gasteiger partial charge in [0.25, 0.3) is 0 Å². The van der Waals surface area contributed by atoms with Gasteiger partial charge in [0.2, 0.25) is 0 Å². The monoisotopic (exact) mass is 370 g/mol. The molecule has 0 atom stereocenters. The topological polar surface area (TPSA) is 39.8 Å². The summed E-state index contributed by atoms with van der Waals surface area (Å²) >= 11 is 0. The van der Waals surface area contributed by atoms with E-state index in [1.165, 1.54) is 0 Å². The summed E-state index contributed by atoms with van der Waals surface area (Å²) in [6, 6.07) is 0. The van der Waals surface area contributed by atoms with E-state index >= 15 is 0 Å². The summed E-state index contributed by atoms with van der Waals surface area (Å²) in [6.45, 7) is 9.00. The van der Waals surface area contributed by atoms with E-state index < -0.39 is 0 Å². The molecule has 1 saturated carbocycles.